The lowest BCUT2D eigenvalue weighted by atomic mass is 9.97. The van der Waals surface area contributed by atoms with Crippen molar-refractivity contribution in [2.24, 2.45) is 15.2 Å². The number of halogens is 2. The van der Waals surface area contributed by atoms with Gasteiger partial charge in [0.1, 0.15) is 11.9 Å². The van der Waals surface area contributed by atoms with Crippen molar-refractivity contribution in [2.75, 3.05) is 0 Å². The third kappa shape index (κ3) is 3.12. The number of carboxylic acids is 1. The van der Waals surface area contributed by atoms with Gasteiger partial charge in [-0.05, 0) is 17.7 Å². The Hall–Kier alpha value is -2.60. The Bertz CT molecular complexity index is 808. The minimum absolute atomic E-state index is 0.0951. The van der Waals surface area contributed by atoms with Gasteiger partial charge >= 0.3 is 5.97 Å². The molecule has 1 aliphatic heterocycles. The Morgan fingerprint density at radius 2 is 2.04 bits per heavy atom. The molecule has 5 nitrogen and oxygen atoms in total. The fraction of sp³-hybridized carbons (Fsp3) is 0.125. The fourth-order valence-corrected chi connectivity index (χ4v) is 2.44. The number of benzene rings is 2. The highest BCUT2D eigenvalue weighted by Crippen LogP contribution is 2.39. The van der Waals surface area contributed by atoms with Gasteiger partial charge in [-0.2, -0.15) is 10.2 Å². The maximum absolute atomic E-state index is 13.8. The third-order valence-electron chi connectivity index (χ3n) is 3.41. The number of nitrogens with zero attached hydrogens (tertiary/aromatic N) is 3. The van der Waals surface area contributed by atoms with E-state index in [-0.39, 0.29) is 5.02 Å². The second-order valence-electron chi connectivity index (χ2n) is 4.96. The van der Waals surface area contributed by atoms with E-state index in [1.54, 1.807) is 0 Å². The van der Waals surface area contributed by atoms with Crippen LogP contribution in [0.1, 0.15) is 17.2 Å². The monoisotopic (exact) mass is 331 g/mol. The SMILES string of the molecule is O=C(O)C1N=Nc2cc(Cl)c(F)cc2C1N=Cc1ccccc1. The quantitative estimate of drug-likeness (QED) is 0.856. The number of rotatable bonds is 3. The Kier molecular flexibility index (Phi) is 4.16. The molecule has 0 saturated heterocycles. The van der Waals surface area contributed by atoms with E-state index in [1.807, 2.05) is 30.3 Å². The fourth-order valence-electron chi connectivity index (χ4n) is 2.28. The van der Waals surface area contributed by atoms with E-state index in [1.165, 1.54) is 18.3 Å². The van der Waals surface area contributed by atoms with Crippen LogP contribution >= 0.6 is 11.6 Å². The summed E-state index contributed by atoms with van der Waals surface area (Å²) in [6, 6.07) is 9.60. The van der Waals surface area contributed by atoms with E-state index in [2.05, 4.69) is 15.2 Å². The van der Waals surface area contributed by atoms with Crippen LogP contribution in [0.5, 0.6) is 0 Å². The lowest BCUT2D eigenvalue weighted by Crippen LogP contribution is -2.27. The summed E-state index contributed by atoms with van der Waals surface area (Å²) in [5.41, 5.74) is 1.47. The number of hydrogen-bond acceptors (Lipinski definition) is 4. The van der Waals surface area contributed by atoms with Crippen molar-refractivity contribution in [3.63, 3.8) is 0 Å². The molecule has 1 aliphatic rings. The van der Waals surface area contributed by atoms with Crippen molar-refractivity contribution in [1.82, 2.24) is 0 Å². The predicted molar refractivity (Wildman–Crippen MR) is 84.1 cm³/mol. The average molecular weight is 332 g/mol. The van der Waals surface area contributed by atoms with Crippen molar-refractivity contribution in [3.8, 4) is 0 Å². The van der Waals surface area contributed by atoms with Crippen molar-refractivity contribution in [1.29, 1.82) is 0 Å². The minimum atomic E-state index is -1.21. The van der Waals surface area contributed by atoms with Crippen LogP contribution < -0.4 is 0 Å². The van der Waals surface area contributed by atoms with Gasteiger partial charge in [-0.3, -0.25) is 4.99 Å². The van der Waals surface area contributed by atoms with Crippen LogP contribution in [0.3, 0.4) is 0 Å². The first-order valence-corrected chi connectivity index (χ1v) is 7.15. The number of carboxylic acid groups (broad SMARTS) is 1. The number of fused-ring (bicyclic) bond motifs is 1. The van der Waals surface area contributed by atoms with Crippen LogP contribution in [0.2, 0.25) is 5.02 Å². The van der Waals surface area contributed by atoms with Gasteiger partial charge in [0, 0.05) is 11.8 Å². The molecule has 1 N–H and O–H groups in total. The second kappa shape index (κ2) is 6.26. The van der Waals surface area contributed by atoms with Gasteiger partial charge in [-0.15, -0.1) is 0 Å². The Morgan fingerprint density at radius 1 is 1.30 bits per heavy atom. The summed E-state index contributed by atoms with van der Waals surface area (Å²) in [6.07, 6.45) is 1.54. The molecule has 3 rings (SSSR count). The van der Waals surface area contributed by atoms with E-state index in [4.69, 9.17) is 11.6 Å². The summed E-state index contributed by atoms with van der Waals surface area (Å²) in [4.78, 5) is 15.7. The van der Waals surface area contributed by atoms with E-state index in [0.29, 0.717) is 11.3 Å². The molecule has 0 amide bonds. The zero-order chi connectivity index (χ0) is 16.4. The molecule has 2 aromatic rings. The average Bonchev–Trinajstić information content (AvgIpc) is 2.54. The Morgan fingerprint density at radius 3 is 2.74 bits per heavy atom. The molecule has 0 saturated carbocycles. The van der Waals surface area contributed by atoms with Crippen molar-refractivity contribution >= 4 is 29.5 Å². The van der Waals surface area contributed by atoms with Gasteiger partial charge in [0.05, 0.1) is 10.7 Å². The maximum atomic E-state index is 13.8. The molecule has 2 atom stereocenters. The zero-order valence-corrected chi connectivity index (χ0v) is 12.5. The van der Waals surface area contributed by atoms with Crippen LogP contribution in [-0.2, 0) is 4.79 Å². The summed E-state index contributed by atoms with van der Waals surface area (Å²) in [6.45, 7) is 0. The molecule has 2 unspecified atom stereocenters. The van der Waals surface area contributed by atoms with Gasteiger partial charge in [0.25, 0.3) is 0 Å². The first-order valence-electron chi connectivity index (χ1n) is 6.77. The largest absolute Gasteiger partial charge is 0.480 e. The predicted octanol–water partition coefficient (Wildman–Crippen LogP) is 4.19. The highest BCUT2D eigenvalue weighted by molar-refractivity contribution is 6.31. The first-order chi connectivity index (χ1) is 11.1. The van der Waals surface area contributed by atoms with Crippen LogP contribution in [-0.4, -0.2) is 23.3 Å². The lowest BCUT2D eigenvalue weighted by Gasteiger charge is -2.22. The maximum Gasteiger partial charge on any atom is 0.333 e. The lowest BCUT2D eigenvalue weighted by molar-refractivity contribution is -0.139. The highest BCUT2D eigenvalue weighted by Gasteiger charge is 2.34. The van der Waals surface area contributed by atoms with Crippen LogP contribution in [0.15, 0.2) is 57.7 Å². The zero-order valence-electron chi connectivity index (χ0n) is 11.7. The molecule has 0 spiro atoms. The molecule has 7 heteroatoms. The molecule has 0 aromatic heterocycles. The van der Waals surface area contributed by atoms with Gasteiger partial charge in [0.2, 0.25) is 0 Å². The molecule has 116 valence electrons. The summed E-state index contributed by atoms with van der Waals surface area (Å²) in [5, 5.41) is 16.8. The van der Waals surface area contributed by atoms with Gasteiger partial charge in [0.15, 0.2) is 6.04 Å². The molecule has 2 aromatic carbocycles. The van der Waals surface area contributed by atoms with Crippen LogP contribution in [0.4, 0.5) is 10.1 Å². The number of aliphatic carboxylic acids is 1. The smallest absolute Gasteiger partial charge is 0.333 e. The van der Waals surface area contributed by atoms with Crippen molar-refractivity contribution in [2.45, 2.75) is 12.1 Å². The Balaban J connectivity index is 2.04. The van der Waals surface area contributed by atoms with E-state index < -0.39 is 23.9 Å². The van der Waals surface area contributed by atoms with Crippen molar-refractivity contribution < 1.29 is 14.3 Å². The summed E-state index contributed by atoms with van der Waals surface area (Å²) in [5.74, 6) is -1.82. The van der Waals surface area contributed by atoms with E-state index in [9.17, 15) is 14.3 Å². The minimum Gasteiger partial charge on any atom is -0.480 e. The molecule has 0 aliphatic carbocycles. The van der Waals surface area contributed by atoms with Gasteiger partial charge in [-0.25, -0.2) is 9.18 Å². The second-order valence-corrected chi connectivity index (χ2v) is 5.36. The van der Waals surface area contributed by atoms with E-state index in [0.717, 1.165) is 5.56 Å². The molecular weight excluding hydrogens is 321 g/mol. The molecule has 0 bridgehead atoms. The third-order valence-corrected chi connectivity index (χ3v) is 3.70. The van der Waals surface area contributed by atoms with Gasteiger partial charge < -0.3 is 5.11 Å². The van der Waals surface area contributed by atoms with Crippen LogP contribution in [0, 0.1) is 5.82 Å². The summed E-state index contributed by atoms with van der Waals surface area (Å²) in [7, 11) is 0. The molecular formula is C16H11ClFN3O2. The Labute approximate surface area is 136 Å². The van der Waals surface area contributed by atoms with Crippen LogP contribution in [0.25, 0.3) is 0 Å². The molecule has 0 fully saturated rings. The number of hydrogen-bond donors (Lipinski definition) is 1. The standard InChI is InChI=1S/C16H11ClFN3O2/c17-11-7-13-10(6-12(11)18)14(15(16(22)23)21-20-13)19-8-9-4-2-1-3-5-9/h1-8,14-15H,(H,22,23). The van der Waals surface area contributed by atoms with E-state index >= 15 is 0 Å². The molecule has 23 heavy (non-hydrogen) atoms. The number of carbonyl (C=O) groups is 1. The highest BCUT2D eigenvalue weighted by atomic mass is 35.5. The molecule has 0 radical (unpaired) electrons. The first kappa shape index (κ1) is 15.3. The number of aliphatic imine (C=N–C) groups is 1. The van der Waals surface area contributed by atoms with Gasteiger partial charge in [-0.1, -0.05) is 41.9 Å². The van der Waals surface area contributed by atoms with Crippen molar-refractivity contribution in [3.05, 3.63) is 64.4 Å². The molecule has 1 heterocycles. The summed E-state index contributed by atoms with van der Waals surface area (Å²) < 4.78 is 13.8. The summed E-state index contributed by atoms with van der Waals surface area (Å²) >= 11 is 5.73. The number of azo groups is 1. The topological polar surface area (TPSA) is 74.4 Å². The normalized spacial score (nSPS) is 19.7.